The van der Waals surface area contributed by atoms with Crippen molar-refractivity contribution in [3.05, 3.63) is 27.5 Å². The van der Waals surface area contributed by atoms with Crippen molar-refractivity contribution < 1.29 is 4.39 Å². The van der Waals surface area contributed by atoms with E-state index in [0.717, 1.165) is 5.56 Å². The summed E-state index contributed by atoms with van der Waals surface area (Å²) in [7, 11) is 0. The number of anilines is 1. The van der Waals surface area contributed by atoms with E-state index >= 15 is 0 Å². The van der Waals surface area contributed by atoms with Gasteiger partial charge in [0.05, 0.1) is 5.69 Å². The zero-order chi connectivity index (χ0) is 11.0. The highest BCUT2D eigenvalue weighted by molar-refractivity contribution is 6.32. The van der Waals surface area contributed by atoms with Crippen molar-refractivity contribution in [3.63, 3.8) is 0 Å². The number of hydrogen-bond acceptors (Lipinski definition) is 1. The molecule has 0 aliphatic rings. The van der Waals surface area contributed by atoms with Crippen LogP contribution < -0.4 is 5.73 Å². The molecule has 0 amide bonds. The summed E-state index contributed by atoms with van der Waals surface area (Å²) in [5.41, 5.74) is 7.85. The molecule has 1 aromatic carbocycles. The molecule has 1 rings (SSSR count). The molecular weight excluding hydrogens is 201 g/mol. The predicted molar refractivity (Wildman–Crippen MR) is 59.4 cm³/mol. The van der Waals surface area contributed by atoms with Crippen molar-refractivity contribution in [3.8, 4) is 0 Å². The van der Waals surface area contributed by atoms with E-state index in [0.29, 0.717) is 16.1 Å². The van der Waals surface area contributed by atoms with Gasteiger partial charge in [0.2, 0.25) is 0 Å². The van der Waals surface area contributed by atoms with Gasteiger partial charge < -0.3 is 5.73 Å². The van der Waals surface area contributed by atoms with Crippen LogP contribution >= 0.6 is 11.6 Å². The molecule has 0 atom stereocenters. The van der Waals surface area contributed by atoms with Crippen LogP contribution in [0, 0.1) is 19.7 Å². The van der Waals surface area contributed by atoms with E-state index in [4.69, 9.17) is 17.3 Å². The molecule has 0 aliphatic heterocycles. The first-order valence-corrected chi connectivity index (χ1v) is 4.99. The lowest BCUT2D eigenvalue weighted by Crippen LogP contribution is -2.05. The smallest absolute Gasteiger partial charge is 0.150 e. The molecule has 1 nitrogen and oxygen atoms in total. The van der Waals surface area contributed by atoms with Crippen molar-refractivity contribution in [2.45, 2.75) is 33.6 Å². The first-order valence-electron chi connectivity index (χ1n) is 4.61. The third kappa shape index (κ3) is 1.59. The van der Waals surface area contributed by atoms with Gasteiger partial charge in [-0.3, -0.25) is 0 Å². The van der Waals surface area contributed by atoms with E-state index in [1.807, 2.05) is 20.8 Å². The molecule has 0 saturated heterocycles. The quantitative estimate of drug-likeness (QED) is 0.709. The zero-order valence-corrected chi connectivity index (χ0v) is 9.67. The third-order valence-corrected chi connectivity index (χ3v) is 3.08. The molecule has 14 heavy (non-hydrogen) atoms. The first-order chi connectivity index (χ1) is 6.37. The Hall–Kier alpha value is -0.760. The first kappa shape index (κ1) is 11.3. The average molecular weight is 216 g/mol. The minimum atomic E-state index is -0.320. The normalized spacial score (nSPS) is 11.1. The topological polar surface area (TPSA) is 26.0 Å². The van der Waals surface area contributed by atoms with Crippen molar-refractivity contribution in [2.24, 2.45) is 0 Å². The number of benzene rings is 1. The van der Waals surface area contributed by atoms with E-state index in [2.05, 4.69) is 0 Å². The van der Waals surface area contributed by atoms with Gasteiger partial charge in [0, 0.05) is 5.02 Å². The summed E-state index contributed by atoms with van der Waals surface area (Å²) in [6.07, 6.45) is 0. The van der Waals surface area contributed by atoms with Gasteiger partial charge in [-0.25, -0.2) is 4.39 Å². The maximum Gasteiger partial charge on any atom is 0.150 e. The van der Waals surface area contributed by atoms with E-state index in [1.165, 1.54) is 0 Å². The Morgan fingerprint density at radius 2 is 1.71 bits per heavy atom. The lowest BCUT2D eigenvalue weighted by molar-refractivity contribution is 0.599. The highest BCUT2D eigenvalue weighted by Gasteiger charge is 2.18. The molecule has 0 unspecified atom stereocenters. The summed E-state index contributed by atoms with van der Waals surface area (Å²) >= 11 is 6.06. The predicted octanol–water partition coefficient (Wildman–Crippen LogP) is 3.80. The second-order valence-corrected chi connectivity index (χ2v) is 4.24. The van der Waals surface area contributed by atoms with E-state index < -0.39 is 0 Å². The van der Waals surface area contributed by atoms with Gasteiger partial charge in [-0.05, 0) is 36.5 Å². The number of nitrogens with two attached hydrogens (primary N) is 1. The van der Waals surface area contributed by atoms with E-state index in [-0.39, 0.29) is 17.4 Å². The number of rotatable bonds is 1. The Bertz CT molecular complexity index is 343. The van der Waals surface area contributed by atoms with Crippen LogP contribution in [0.5, 0.6) is 0 Å². The molecule has 2 N–H and O–H groups in total. The Labute approximate surface area is 89.1 Å². The van der Waals surface area contributed by atoms with Gasteiger partial charge in [-0.2, -0.15) is 0 Å². The molecule has 0 bridgehead atoms. The largest absolute Gasteiger partial charge is 0.396 e. The van der Waals surface area contributed by atoms with E-state index in [9.17, 15) is 4.39 Å². The van der Waals surface area contributed by atoms with Crippen molar-refractivity contribution in [1.29, 1.82) is 0 Å². The van der Waals surface area contributed by atoms with Crippen LogP contribution in [-0.2, 0) is 0 Å². The minimum Gasteiger partial charge on any atom is -0.396 e. The summed E-state index contributed by atoms with van der Waals surface area (Å²) < 4.78 is 13.8. The Morgan fingerprint density at radius 3 is 2.14 bits per heavy atom. The lowest BCUT2D eigenvalue weighted by Gasteiger charge is -2.16. The molecule has 1 aromatic rings. The zero-order valence-electron chi connectivity index (χ0n) is 8.91. The number of hydrogen-bond donors (Lipinski definition) is 1. The van der Waals surface area contributed by atoms with E-state index in [1.54, 1.807) is 6.92 Å². The molecule has 78 valence electrons. The van der Waals surface area contributed by atoms with Crippen LogP contribution in [-0.4, -0.2) is 0 Å². The van der Waals surface area contributed by atoms with Crippen molar-refractivity contribution in [1.82, 2.24) is 0 Å². The molecule has 0 aliphatic carbocycles. The van der Waals surface area contributed by atoms with Crippen molar-refractivity contribution >= 4 is 17.3 Å². The van der Waals surface area contributed by atoms with Crippen LogP contribution in [0.15, 0.2) is 0 Å². The molecule has 0 spiro atoms. The van der Waals surface area contributed by atoms with Crippen LogP contribution in [0.4, 0.5) is 10.1 Å². The fourth-order valence-electron chi connectivity index (χ4n) is 1.68. The highest BCUT2D eigenvalue weighted by Crippen LogP contribution is 2.35. The lowest BCUT2D eigenvalue weighted by atomic mass is 9.94. The van der Waals surface area contributed by atoms with Crippen LogP contribution in [0.1, 0.15) is 36.5 Å². The number of nitrogen functional groups attached to an aromatic ring is 1. The maximum absolute atomic E-state index is 13.8. The molecular formula is C11H15ClFN. The van der Waals surface area contributed by atoms with Gasteiger partial charge in [-0.15, -0.1) is 0 Å². The molecule has 0 fully saturated rings. The SMILES string of the molecule is Cc1c(N)c(F)c(C(C)C)c(C)c1Cl. The second-order valence-electron chi connectivity index (χ2n) is 3.86. The van der Waals surface area contributed by atoms with Crippen molar-refractivity contribution in [2.75, 3.05) is 5.73 Å². The summed E-state index contributed by atoms with van der Waals surface area (Å²) in [5, 5.41) is 0.576. The van der Waals surface area contributed by atoms with Crippen LogP contribution in [0.3, 0.4) is 0 Å². The van der Waals surface area contributed by atoms with Crippen LogP contribution in [0.2, 0.25) is 5.02 Å². The molecule has 0 saturated carbocycles. The van der Waals surface area contributed by atoms with Gasteiger partial charge in [0.1, 0.15) is 5.82 Å². The summed E-state index contributed by atoms with van der Waals surface area (Å²) in [6.45, 7) is 7.41. The average Bonchev–Trinajstić information content (AvgIpc) is 2.11. The summed E-state index contributed by atoms with van der Waals surface area (Å²) in [4.78, 5) is 0. The standard InChI is InChI=1S/C11H15ClFN/c1-5(2)8-6(3)9(12)7(4)11(14)10(8)13/h5H,14H2,1-4H3. The molecule has 0 aromatic heterocycles. The Kier molecular flexibility index (Phi) is 3.05. The fourth-order valence-corrected chi connectivity index (χ4v) is 1.88. The van der Waals surface area contributed by atoms with Gasteiger partial charge in [-0.1, -0.05) is 25.4 Å². The molecule has 3 heteroatoms. The summed E-state index contributed by atoms with van der Waals surface area (Å²) in [5.74, 6) is -0.227. The number of halogens is 2. The molecule has 0 radical (unpaired) electrons. The summed E-state index contributed by atoms with van der Waals surface area (Å²) in [6, 6.07) is 0. The highest BCUT2D eigenvalue weighted by atomic mass is 35.5. The fraction of sp³-hybridized carbons (Fsp3) is 0.455. The second kappa shape index (κ2) is 3.77. The minimum absolute atomic E-state index is 0.0930. The monoisotopic (exact) mass is 215 g/mol. The maximum atomic E-state index is 13.8. The van der Waals surface area contributed by atoms with Gasteiger partial charge in [0.15, 0.2) is 0 Å². The Balaban J connectivity index is 3.60. The van der Waals surface area contributed by atoms with Gasteiger partial charge in [0.25, 0.3) is 0 Å². The van der Waals surface area contributed by atoms with Gasteiger partial charge >= 0.3 is 0 Å². The molecule has 0 heterocycles. The third-order valence-electron chi connectivity index (χ3n) is 2.52. The van der Waals surface area contributed by atoms with Crippen LogP contribution in [0.25, 0.3) is 0 Å². The Morgan fingerprint density at radius 1 is 1.21 bits per heavy atom.